The Morgan fingerprint density at radius 3 is 2.47 bits per heavy atom. The summed E-state index contributed by atoms with van der Waals surface area (Å²) in [4.78, 5) is 0. The maximum Gasteiger partial charge on any atom is 0.171 e. The van der Waals surface area contributed by atoms with Gasteiger partial charge in [0.25, 0.3) is 0 Å². The van der Waals surface area contributed by atoms with Gasteiger partial charge in [-0.15, -0.1) is 0 Å². The van der Waals surface area contributed by atoms with E-state index in [0.29, 0.717) is 11.8 Å². The Labute approximate surface area is 102 Å². The summed E-state index contributed by atoms with van der Waals surface area (Å²) < 4.78 is 6.09. The summed E-state index contributed by atoms with van der Waals surface area (Å²) in [5.74, 6) is 0.986. The van der Waals surface area contributed by atoms with Gasteiger partial charge in [-0.1, -0.05) is 0 Å². The molecule has 96 valence electrons. The molecule has 0 heterocycles. The van der Waals surface area contributed by atoms with Crippen molar-refractivity contribution in [2.24, 2.45) is 23.7 Å². The molecule has 3 nitrogen and oxygen atoms in total. The van der Waals surface area contributed by atoms with Crippen LogP contribution in [0.25, 0.3) is 0 Å². The fourth-order valence-electron chi connectivity index (χ4n) is 5.06. The normalized spacial score (nSPS) is 60.4. The minimum absolute atomic E-state index is 0.0216. The van der Waals surface area contributed by atoms with Crippen LogP contribution < -0.4 is 0 Å². The van der Waals surface area contributed by atoms with Crippen molar-refractivity contribution in [3.63, 3.8) is 0 Å². The maximum atomic E-state index is 10.7. The lowest BCUT2D eigenvalue weighted by atomic mass is 9.90. The molecule has 0 amide bonds. The number of rotatable bonds is 2. The largest absolute Gasteiger partial charge is 0.393 e. The van der Waals surface area contributed by atoms with Gasteiger partial charge in [0.05, 0.1) is 12.2 Å². The quantitative estimate of drug-likeness (QED) is 0.719. The van der Waals surface area contributed by atoms with Crippen LogP contribution in [0.15, 0.2) is 0 Å². The van der Waals surface area contributed by atoms with Crippen LogP contribution in [0.5, 0.6) is 0 Å². The molecule has 0 aromatic rings. The maximum absolute atomic E-state index is 10.7. The molecule has 0 spiro atoms. The highest BCUT2D eigenvalue weighted by Crippen LogP contribution is 2.54. The van der Waals surface area contributed by atoms with Crippen molar-refractivity contribution in [3.05, 3.63) is 0 Å². The number of hydrogen-bond acceptors (Lipinski definition) is 3. The molecule has 0 aromatic heterocycles. The van der Waals surface area contributed by atoms with E-state index in [1.165, 1.54) is 19.3 Å². The second-order valence-electron chi connectivity index (χ2n) is 6.89. The highest BCUT2D eigenvalue weighted by Gasteiger charge is 2.57. The van der Waals surface area contributed by atoms with E-state index >= 15 is 0 Å². The predicted molar refractivity (Wildman–Crippen MR) is 62.1 cm³/mol. The van der Waals surface area contributed by atoms with E-state index in [9.17, 15) is 10.2 Å². The summed E-state index contributed by atoms with van der Waals surface area (Å²) in [6.07, 6.45) is 7.59. The Balaban J connectivity index is 1.49. The molecular weight excluding hydrogens is 216 g/mol. The molecule has 4 aliphatic carbocycles. The van der Waals surface area contributed by atoms with Crippen LogP contribution in [0.4, 0.5) is 0 Å². The van der Waals surface area contributed by atoms with Crippen molar-refractivity contribution in [2.45, 2.75) is 62.9 Å². The molecule has 2 N–H and O–H groups in total. The number of aliphatic hydroxyl groups is 2. The van der Waals surface area contributed by atoms with E-state index in [1.54, 1.807) is 0 Å². The molecule has 17 heavy (non-hydrogen) atoms. The molecule has 4 saturated carbocycles. The van der Waals surface area contributed by atoms with E-state index < -0.39 is 5.79 Å². The fraction of sp³-hybridized carbons (Fsp3) is 1.00. The Morgan fingerprint density at radius 1 is 1.00 bits per heavy atom. The van der Waals surface area contributed by atoms with E-state index in [4.69, 9.17) is 4.74 Å². The zero-order valence-corrected chi connectivity index (χ0v) is 10.2. The van der Waals surface area contributed by atoms with Crippen molar-refractivity contribution >= 4 is 0 Å². The average molecular weight is 238 g/mol. The summed E-state index contributed by atoms with van der Waals surface area (Å²) in [6.45, 7) is 0. The average Bonchev–Trinajstić information content (AvgIpc) is 2.95. The second-order valence-corrected chi connectivity index (χ2v) is 6.89. The van der Waals surface area contributed by atoms with Gasteiger partial charge in [0, 0.05) is 12.3 Å². The Bertz CT molecular complexity index is 331. The summed E-state index contributed by atoms with van der Waals surface area (Å²) in [5, 5.41) is 20.6. The van der Waals surface area contributed by atoms with Crippen LogP contribution >= 0.6 is 0 Å². The summed E-state index contributed by atoms with van der Waals surface area (Å²) in [6, 6.07) is 0. The Hall–Kier alpha value is -0.120. The highest BCUT2D eigenvalue weighted by molar-refractivity contribution is 5.02. The first-order valence-corrected chi connectivity index (χ1v) is 7.22. The third-order valence-corrected chi connectivity index (χ3v) is 5.82. The first kappa shape index (κ1) is 10.8. The van der Waals surface area contributed by atoms with Gasteiger partial charge in [-0.05, 0) is 56.3 Å². The van der Waals surface area contributed by atoms with Crippen LogP contribution in [-0.4, -0.2) is 28.2 Å². The topological polar surface area (TPSA) is 49.7 Å². The number of hydrogen-bond donors (Lipinski definition) is 2. The highest BCUT2D eigenvalue weighted by atomic mass is 16.6. The lowest BCUT2D eigenvalue weighted by Gasteiger charge is -2.39. The fourth-order valence-corrected chi connectivity index (χ4v) is 5.06. The molecule has 0 aliphatic heterocycles. The zero-order valence-electron chi connectivity index (χ0n) is 10.2. The van der Waals surface area contributed by atoms with Crippen molar-refractivity contribution in [1.29, 1.82) is 0 Å². The second kappa shape index (κ2) is 3.46. The lowest BCUT2D eigenvalue weighted by Crippen LogP contribution is -2.47. The number of ether oxygens (including phenoxy) is 1. The number of fused-ring (bicyclic) bond motifs is 4. The van der Waals surface area contributed by atoms with Gasteiger partial charge in [-0.25, -0.2) is 0 Å². The first-order chi connectivity index (χ1) is 8.14. The van der Waals surface area contributed by atoms with Gasteiger partial charge in [0.15, 0.2) is 5.79 Å². The summed E-state index contributed by atoms with van der Waals surface area (Å²) in [5.41, 5.74) is 0. The van der Waals surface area contributed by atoms with Crippen LogP contribution in [0, 0.1) is 23.7 Å². The van der Waals surface area contributed by atoms with Crippen LogP contribution in [0.1, 0.15) is 44.9 Å². The molecule has 0 saturated heterocycles. The molecule has 3 heteroatoms. The molecular formula is C14H22O3. The number of aliphatic hydroxyl groups excluding tert-OH is 1. The molecule has 7 unspecified atom stereocenters. The molecule has 4 aliphatic rings. The van der Waals surface area contributed by atoms with Crippen LogP contribution in [0.2, 0.25) is 0 Å². The zero-order chi connectivity index (χ0) is 11.6. The monoisotopic (exact) mass is 238 g/mol. The van der Waals surface area contributed by atoms with Gasteiger partial charge < -0.3 is 14.9 Å². The van der Waals surface area contributed by atoms with E-state index in [2.05, 4.69) is 0 Å². The van der Waals surface area contributed by atoms with Gasteiger partial charge >= 0.3 is 0 Å². The van der Waals surface area contributed by atoms with Crippen LogP contribution in [0.3, 0.4) is 0 Å². The van der Waals surface area contributed by atoms with Crippen molar-refractivity contribution in [2.75, 3.05) is 0 Å². The molecule has 4 rings (SSSR count). The van der Waals surface area contributed by atoms with Crippen molar-refractivity contribution in [1.82, 2.24) is 0 Å². The summed E-state index contributed by atoms with van der Waals surface area (Å²) in [7, 11) is 0. The SMILES string of the molecule is OC1CC2CC1C(O)(OC1CC3CCC1C3)C2. The molecule has 4 bridgehead atoms. The lowest BCUT2D eigenvalue weighted by molar-refractivity contribution is -0.276. The van der Waals surface area contributed by atoms with E-state index in [0.717, 1.165) is 31.6 Å². The minimum atomic E-state index is -1.00. The molecule has 4 fully saturated rings. The Morgan fingerprint density at radius 2 is 1.88 bits per heavy atom. The minimum Gasteiger partial charge on any atom is -0.393 e. The van der Waals surface area contributed by atoms with Crippen molar-refractivity contribution < 1.29 is 14.9 Å². The predicted octanol–water partition coefficient (Wildman–Crippen LogP) is 1.67. The third-order valence-electron chi connectivity index (χ3n) is 5.82. The van der Waals surface area contributed by atoms with Gasteiger partial charge in [-0.2, -0.15) is 0 Å². The standard InChI is InChI=1S/C14H22O3/c15-12-5-9-4-11(12)14(16,7-9)17-13-6-8-1-2-10(13)3-8/h8-13,15-16H,1-7H2. The van der Waals surface area contributed by atoms with Gasteiger partial charge in [0.2, 0.25) is 0 Å². The van der Waals surface area contributed by atoms with Crippen LogP contribution in [-0.2, 0) is 4.74 Å². The van der Waals surface area contributed by atoms with E-state index in [1.807, 2.05) is 0 Å². The molecule has 0 aromatic carbocycles. The first-order valence-electron chi connectivity index (χ1n) is 7.22. The van der Waals surface area contributed by atoms with Crippen molar-refractivity contribution in [3.8, 4) is 0 Å². The van der Waals surface area contributed by atoms with E-state index in [-0.39, 0.29) is 18.1 Å². The molecule has 7 atom stereocenters. The Kier molecular flexibility index (Phi) is 2.19. The summed E-state index contributed by atoms with van der Waals surface area (Å²) >= 11 is 0. The third kappa shape index (κ3) is 1.52. The smallest absolute Gasteiger partial charge is 0.171 e. The van der Waals surface area contributed by atoms with Gasteiger partial charge in [-0.3, -0.25) is 0 Å². The van der Waals surface area contributed by atoms with Gasteiger partial charge in [0.1, 0.15) is 0 Å². The molecule has 0 radical (unpaired) electrons.